The third-order valence-corrected chi connectivity index (χ3v) is 7.17. The number of hydrogen-bond donors (Lipinski definition) is 1. The Morgan fingerprint density at radius 3 is 2.85 bits per heavy atom. The lowest BCUT2D eigenvalue weighted by atomic mass is 9.72. The second kappa shape index (κ2) is 7.73. The lowest BCUT2D eigenvalue weighted by Gasteiger charge is -2.56. The molecule has 4 atom stereocenters. The van der Waals surface area contributed by atoms with Gasteiger partial charge in [0.05, 0.1) is 6.04 Å². The van der Waals surface area contributed by atoms with Crippen molar-refractivity contribution in [1.29, 1.82) is 0 Å². The van der Waals surface area contributed by atoms with Crippen LogP contribution in [0.3, 0.4) is 0 Å². The normalized spacial score (nSPS) is 30.2. The van der Waals surface area contributed by atoms with Crippen LogP contribution in [0.5, 0.6) is 0 Å². The monoisotopic (exact) mass is 391 g/mol. The van der Waals surface area contributed by atoms with Crippen LogP contribution < -0.4 is 10.2 Å². The fourth-order valence-electron chi connectivity index (χ4n) is 5.14. The van der Waals surface area contributed by atoms with Crippen LogP contribution in [0.15, 0.2) is 0 Å². The van der Waals surface area contributed by atoms with E-state index in [2.05, 4.69) is 25.3 Å². The quantitative estimate of drug-likeness (QED) is 0.830. The van der Waals surface area contributed by atoms with Gasteiger partial charge in [0.25, 0.3) is 0 Å². The minimum absolute atomic E-state index is 0.0908. The summed E-state index contributed by atoms with van der Waals surface area (Å²) >= 11 is 1.64. The molecule has 0 spiro atoms. The van der Waals surface area contributed by atoms with E-state index in [1.807, 2.05) is 13.8 Å². The molecule has 1 aromatic heterocycles. The Kier molecular flexibility index (Phi) is 5.34. The fourth-order valence-corrected chi connectivity index (χ4v) is 5.85. The molecule has 148 valence electrons. The van der Waals surface area contributed by atoms with Gasteiger partial charge in [-0.2, -0.15) is 0 Å². The molecular formula is C19H29N5O2S. The van der Waals surface area contributed by atoms with E-state index < -0.39 is 0 Å². The predicted octanol–water partition coefficient (Wildman–Crippen LogP) is 1.97. The molecule has 2 amide bonds. The minimum Gasteiger partial charge on any atom is -0.354 e. The second-order valence-electron chi connectivity index (χ2n) is 8.15. The minimum atomic E-state index is 0.0908. The number of carbonyl (C=O) groups excluding carboxylic acids is 2. The van der Waals surface area contributed by atoms with E-state index in [0.29, 0.717) is 37.3 Å². The molecule has 7 nitrogen and oxygen atoms in total. The van der Waals surface area contributed by atoms with Gasteiger partial charge in [-0.3, -0.25) is 9.59 Å². The molecule has 0 radical (unpaired) electrons. The first-order valence-electron chi connectivity index (χ1n) is 10.2. The average Bonchev–Trinajstić information content (AvgIpc) is 3.09. The summed E-state index contributed by atoms with van der Waals surface area (Å²) in [4.78, 5) is 29.3. The molecule has 4 rings (SSSR count). The molecule has 27 heavy (non-hydrogen) atoms. The first-order chi connectivity index (χ1) is 13.1. The van der Waals surface area contributed by atoms with Crippen molar-refractivity contribution in [3.8, 4) is 0 Å². The smallest absolute Gasteiger partial charge is 0.223 e. The zero-order valence-corrected chi connectivity index (χ0v) is 17.0. The Morgan fingerprint density at radius 2 is 2.11 bits per heavy atom. The Balaban J connectivity index is 1.55. The maximum absolute atomic E-state index is 12.8. The summed E-state index contributed by atoms with van der Waals surface area (Å²) in [5, 5.41) is 13.6. The van der Waals surface area contributed by atoms with Gasteiger partial charge in [-0.05, 0) is 44.4 Å². The summed E-state index contributed by atoms with van der Waals surface area (Å²) in [7, 11) is 0. The molecule has 0 saturated carbocycles. The van der Waals surface area contributed by atoms with E-state index in [1.165, 1.54) is 0 Å². The van der Waals surface area contributed by atoms with Crippen LogP contribution >= 0.6 is 11.3 Å². The number of rotatable bonds is 5. The number of amides is 2. The lowest BCUT2D eigenvalue weighted by Crippen LogP contribution is -2.67. The van der Waals surface area contributed by atoms with E-state index in [1.54, 1.807) is 11.3 Å². The highest BCUT2D eigenvalue weighted by atomic mass is 32.1. The highest BCUT2D eigenvalue weighted by Crippen LogP contribution is 2.42. The Bertz CT molecular complexity index is 708. The number of nitrogens with zero attached hydrogens (tertiary/aromatic N) is 4. The van der Waals surface area contributed by atoms with Crippen LogP contribution in [-0.2, 0) is 9.59 Å². The topological polar surface area (TPSA) is 78.4 Å². The van der Waals surface area contributed by atoms with Gasteiger partial charge in [0.15, 0.2) is 0 Å². The van der Waals surface area contributed by atoms with Crippen LogP contribution in [0.1, 0.15) is 50.5 Å². The summed E-state index contributed by atoms with van der Waals surface area (Å²) < 4.78 is 0. The number of aromatic nitrogens is 2. The largest absolute Gasteiger partial charge is 0.354 e. The van der Waals surface area contributed by atoms with Crippen molar-refractivity contribution >= 4 is 28.3 Å². The van der Waals surface area contributed by atoms with Crippen LogP contribution in [0, 0.1) is 18.8 Å². The third-order valence-electron chi connectivity index (χ3n) is 6.27. The number of anilines is 1. The van der Waals surface area contributed by atoms with Gasteiger partial charge >= 0.3 is 0 Å². The predicted molar refractivity (Wildman–Crippen MR) is 105 cm³/mol. The second-order valence-corrected chi connectivity index (χ2v) is 9.31. The van der Waals surface area contributed by atoms with Crippen LogP contribution in [0.25, 0.3) is 0 Å². The highest BCUT2D eigenvalue weighted by Gasteiger charge is 2.49. The zero-order valence-electron chi connectivity index (χ0n) is 16.2. The summed E-state index contributed by atoms with van der Waals surface area (Å²) in [5.74, 6) is 1.22. The van der Waals surface area contributed by atoms with Crippen molar-refractivity contribution in [1.82, 2.24) is 20.4 Å². The van der Waals surface area contributed by atoms with Gasteiger partial charge in [0, 0.05) is 38.5 Å². The van der Waals surface area contributed by atoms with Crippen molar-refractivity contribution in [3.63, 3.8) is 0 Å². The van der Waals surface area contributed by atoms with Crippen LogP contribution in [0.4, 0.5) is 5.13 Å². The first-order valence-corrected chi connectivity index (χ1v) is 11.0. The van der Waals surface area contributed by atoms with Crippen LogP contribution in [0.2, 0.25) is 0 Å². The molecule has 0 unspecified atom stereocenters. The van der Waals surface area contributed by atoms with Gasteiger partial charge < -0.3 is 15.1 Å². The van der Waals surface area contributed by atoms with Crippen molar-refractivity contribution < 1.29 is 9.59 Å². The molecule has 3 aliphatic heterocycles. The Morgan fingerprint density at radius 1 is 1.30 bits per heavy atom. The number of aryl methyl sites for hydroxylation is 1. The molecule has 1 aromatic rings. The molecule has 0 aliphatic carbocycles. The molecule has 3 fully saturated rings. The molecule has 3 saturated heterocycles. The van der Waals surface area contributed by atoms with Crippen molar-refractivity contribution in [2.45, 2.75) is 64.5 Å². The highest BCUT2D eigenvalue weighted by molar-refractivity contribution is 7.15. The molecule has 0 aromatic carbocycles. The maximum atomic E-state index is 12.8. The first kappa shape index (κ1) is 18.7. The van der Waals surface area contributed by atoms with E-state index in [-0.39, 0.29) is 17.9 Å². The van der Waals surface area contributed by atoms with Gasteiger partial charge in [0.1, 0.15) is 5.01 Å². The standard InChI is InChI=1S/C19H29N5O2S/c1-3-5-17(25)20-9-16-14-8-13(15-6-4-7-18(26)24(15)16)10-23(11-14)19-22-21-12(2)27-19/h13-16H,3-11H2,1-2H3,(H,20,25)/t13-,14+,15+,16+/m1/s1. The summed E-state index contributed by atoms with van der Waals surface area (Å²) in [6.45, 7) is 6.41. The van der Waals surface area contributed by atoms with E-state index in [9.17, 15) is 9.59 Å². The van der Waals surface area contributed by atoms with Crippen molar-refractivity contribution in [2.24, 2.45) is 11.8 Å². The Labute approximate surface area is 164 Å². The van der Waals surface area contributed by atoms with Gasteiger partial charge in [-0.25, -0.2) is 0 Å². The number of hydrogen-bond acceptors (Lipinski definition) is 6. The molecule has 3 aliphatic rings. The summed E-state index contributed by atoms with van der Waals surface area (Å²) in [6, 6.07) is 0.393. The van der Waals surface area contributed by atoms with Gasteiger partial charge in [-0.15, -0.1) is 10.2 Å². The maximum Gasteiger partial charge on any atom is 0.223 e. The average molecular weight is 392 g/mol. The molecule has 2 bridgehead atoms. The molecule has 4 heterocycles. The third kappa shape index (κ3) is 3.68. The lowest BCUT2D eigenvalue weighted by molar-refractivity contribution is -0.149. The SMILES string of the molecule is CCCC(=O)NC[C@H]1[C@H]2C[C@H](CN(c3nnc(C)s3)C2)[C@@H]2CCCC(=O)N21. The summed E-state index contributed by atoms with van der Waals surface area (Å²) in [5.41, 5.74) is 0. The number of nitrogens with one attached hydrogen (secondary N) is 1. The zero-order chi connectivity index (χ0) is 19.0. The van der Waals surface area contributed by atoms with Gasteiger partial charge in [-0.1, -0.05) is 18.3 Å². The Hall–Kier alpha value is -1.70. The molecular weight excluding hydrogens is 362 g/mol. The fraction of sp³-hybridized carbons (Fsp3) is 0.789. The number of fused-ring (bicyclic) bond motifs is 4. The van der Waals surface area contributed by atoms with E-state index in [0.717, 1.165) is 48.9 Å². The molecule has 8 heteroatoms. The summed E-state index contributed by atoms with van der Waals surface area (Å²) in [6.07, 6.45) is 5.23. The van der Waals surface area contributed by atoms with Crippen molar-refractivity contribution in [3.05, 3.63) is 5.01 Å². The van der Waals surface area contributed by atoms with E-state index in [4.69, 9.17) is 0 Å². The molecule has 1 N–H and O–H groups in total. The number of carbonyl (C=O) groups is 2. The van der Waals surface area contributed by atoms with E-state index >= 15 is 0 Å². The number of piperidine rings is 3. The van der Waals surface area contributed by atoms with Crippen molar-refractivity contribution in [2.75, 3.05) is 24.5 Å². The van der Waals surface area contributed by atoms with Gasteiger partial charge in [0.2, 0.25) is 16.9 Å². The van der Waals surface area contributed by atoms with Crippen LogP contribution in [-0.4, -0.2) is 58.6 Å².